The van der Waals surface area contributed by atoms with Gasteiger partial charge in [-0.05, 0) is 32.8 Å². The SMILES string of the molecule is C/C=C(/OC1(C)CCCCO1)C(=O)OCC. The molecular weight excluding hydrogens is 208 g/mol. The van der Waals surface area contributed by atoms with Crippen molar-refractivity contribution in [3.8, 4) is 0 Å². The van der Waals surface area contributed by atoms with Crippen LogP contribution >= 0.6 is 0 Å². The normalized spacial score (nSPS) is 26.3. The fraction of sp³-hybridized carbons (Fsp3) is 0.750. The molecule has 0 N–H and O–H groups in total. The topological polar surface area (TPSA) is 44.8 Å². The fourth-order valence-corrected chi connectivity index (χ4v) is 1.64. The van der Waals surface area contributed by atoms with Crippen molar-refractivity contribution in [1.29, 1.82) is 0 Å². The molecule has 1 fully saturated rings. The van der Waals surface area contributed by atoms with Gasteiger partial charge in [0.05, 0.1) is 13.2 Å². The van der Waals surface area contributed by atoms with Gasteiger partial charge in [-0.3, -0.25) is 0 Å². The highest BCUT2D eigenvalue weighted by Crippen LogP contribution is 2.28. The van der Waals surface area contributed by atoms with Crippen molar-refractivity contribution in [1.82, 2.24) is 0 Å². The molecule has 0 radical (unpaired) electrons. The van der Waals surface area contributed by atoms with E-state index in [0.717, 1.165) is 19.3 Å². The maximum absolute atomic E-state index is 11.5. The van der Waals surface area contributed by atoms with Crippen LogP contribution < -0.4 is 0 Å². The summed E-state index contributed by atoms with van der Waals surface area (Å²) >= 11 is 0. The molecule has 16 heavy (non-hydrogen) atoms. The van der Waals surface area contributed by atoms with Gasteiger partial charge in [-0.1, -0.05) is 0 Å². The Kier molecular flexibility index (Phi) is 4.80. The minimum atomic E-state index is -0.688. The number of esters is 1. The molecule has 0 aromatic heterocycles. The number of hydrogen-bond acceptors (Lipinski definition) is 4. The Morgan fingerprint density at radius 3 is 2.75 bits per heavy atom. The third-order valence-corrected chi connectivity index (χ3v) is 2.50. The lowest BCUT2D eigenvalue weighted by Crippen LogP contribution is -2.37. The highest BCUT2D eigenvalue weighted by Gasteiger charge is 2.32. The molecular formula is C12H20O4. The molecule has 1 atom stereocenters. The van der Waals surface area contributed by atoms with Crippen molar-refractivity contribution in [2.24, 2.45) is 0 Å². The van der Waals surface area contributed by atoms with Crippen molar-refractivity contribution < 1.29 is 19.0 Å². The maximum atomic E-state index is 11.5. The third-order valence-electron chi connectivity index (χ3n) is 2.50. The predicted octanol–water partition coefficient (Wildman–Crippen LogP) is 2.39. The molecule has 1 unspecified atom stereocenters. The molecule has 1 heterocycles. The lowest BCUT2D eigenvalue weighted by molar-refractivity contribution is -0.226. The zero-order valence-corrected chi connectivity index (χ0v) is 10.2. The van der Waals surface area contributed by atoms with Gasteiger partial charge < -0.3 is 14.2 Å². The van der Waals surface area contributed by atoms with Crippen LogP contribution in [-0.2, 0) is 19.0 Å². The molecule has 0 bridgehead atoms. The smallest absolute Gasteiger partial charge is 0.373 e. The quantitative estimate of drug-likeness (QED) is 0.421. The Morgan fingerprint density at radius 1 is 1.50 bits per heavy atom. The van der Waals surface area contributed by atoms with E-state index in [4.69, 9.17) is 14.2 Å². The minimum absolute atomic E-state index is 0.228. The molecule has 1 aliphatic heterocycles. The van der Waals surface area contributed by atoms with Gasteiger partial charge in [0.15, 0.2) is 0 Å². The molecule has 0 aliphatic carbocycles. The first-order chi connectivity index (χ1) is 7.61. The fourth-order valence-electron chi connectivity index (χ4n) is 1.64. The van der Waals surface area contributed by atoms with Crippen molar-refractivity contribution >= 4 is 5.97 Å². The highest BCUT2D eigenvalue weighted by atomic mass is 16.7. The van der Waals surface area contributed by atoms with Gasteiger partial charge in [0.2, 0.25) is 11.5 Å². The van der Waals surface area contributed by atoms with Crippen LogP contribution in [0.2, 0.25) is 0 Å². The van der Waals surface area contributed by atoms with E-state index in [1.165, 1.54) is 0 Å². The number of hydrogen-bond donors (Lipinski definition) is 0. The van der Waals surface area contributed by atoms with E-state index in [0.29, 0.717) is 13.2 Å². The van der Waals surface area contributed by atoms with Gasteiger partial charge in [0, 0.05) is 13.3 Å². The number of carbonyl (C=O) groups excluding carboxylic acids is 1. The molecule has 0 aromatic carbocycles. The van der Waals surface area contributed by atoms with Gasteiger partial charge in [-0.15, -0.1) is 0 Å². The number of carbonyl (C=O) groups is 1. The summed E-state index contributed by atoms with van der Waals surface area (Å²) in [6, 6.07) is 0. The average molecular weight is 228 g/mol. The first-order valence-electron chi connectivity index (χ1n) is 5.77. The van der Waals surface area contributed by atoms with Crippen LogP contribution in [0.3, 0.4) is 0 Å². The van der Waals surface area contributed by atoms with Gasteiger partial charge in [-0.2, -0.15) is 0 Å². The van der Waals surface area contributed by atoms with Crippen LogP contribution in [0.15, 0.2) is 11.8 Å². The third kappa shape index (κ3) is 3.52. The summed E-state index contributed by atoms with van der Waals surface area (Å²) in [5, 5.41) is 0. The second-order valence-electron chi connectivity index (χ2n) is 3.91. The van der Waals surface area contributed by atoms with E-state index in [2.05, 4.69) is 0 Å². The standard InChI is InChI=1S/C12H20O4/c1-4-10(11(13)14-5-2)16-12(3)8-6-7-9-15-12/h4H,5-9H2,1-3H3/b10-4+. The second-order valence-corrected chi connectivity index (χ2v) is 3.91. The Bertz CT molecular complexity index is 264. The van der Waals surface area contributed by atoms with E-state index in [1.807, 2.05) is 6.92 Å². The molecule has 0 amide bonds. The molecule has 1 rings (SSSR count). The Morgan fingerprint density at radius 2 is 2.25 bits per heavy atom. The Labute approximate surface area is 96.6 Å². The second kappa shape index (κ2) is 5.89. The van der Waals surface area contributed by atoms with Crippen LogP contribution in [-0.4, -0.2) is 25.0 Å². The minimum Gasteiger partial charge on any atom is -0.460 e. The van der Waals surface area contributed by atoms with E-state index in [9.17, 15) is 4.79 Å². The number of rotatable bonds is 4. The maximum Gasteiger partial charge on any atom is 0.373 e. The predicted molar refractivity (Wildman–Crippen MR) is 59.7 cm³/mol. The van der Waals surface area contributed by atoms with Gasteiger partial charge in [0.1, 0.15) is 0 Å². The summed E-state index contributed by atoms with van der Waals surface area (Å²) in [6.07, 6.45) is 4.50. The van der Waals surface area contributed by atoms with Crippen molar-refractivity contribution in [2.45, 2.75) is 45.8 Å². The lowest BCUT2D eigenvalue weighted by Gasteiger charge is -2.34. The largest absolute Gasteiger partial charge is 0.460 e. The summed E-state index contributed by atoms with van der Waals surface area (Å²) in [6.45, 7) is 6.39. The summed E-state index contributed by atoms with van der Waals surface area (Å²) in [5.41, 5.74) is 0. The first kappa shape index (κ1) is 13.0. The van der Waals surface area contributed by atoms with E-state index in [-0.39, 0.29) is 5.76 Å². The van der Waals surface area contributed by atoms with E-state index < -0.39 is 11.8 Å². The monoisotopic (exact) mass is 228 g/mol. The summed E-state index contributed by atoms with van der Waals surface area (Å²) in [7, 11) is 0. The highest BCUT2D eigenvalue weighted by molar-refractivity contribution is 5.86. The summed E-state index contributed by atoms with van der Waals surface area (Å²) in [4.78, 5) is 11.5. The van der Waals surface area contributed by atoms with Gasteiger partial charge in [0.25, 0.3) is 0 Å². The Hall–Kier alpha value is -1.03. The zero-order valence-electron chi connectivity index (χ0n) is 10.2. The van der Waals surface area contributed by atoms with Gasteiger partial charge in [-0.25, -0.2) is 4.79 Å². The zero-order chi connectivity index (χ0) is 12.0. The number of ether oxygens (including phenoxy) is 3. The first-order valence-corrected chi connectivity index (χ1v) is 5.77. The molecule has 4 nitrogen and oxygen atoms in total. The molecule has 4 heteroatoms. The lowest BCUT2D eigenvalue weighted by atomic mass is 10.1. The van der Waals surface area contributed by atoms with E-state index in [1.54, 1.807) is 19.9 Å². The van der Waals surface area contributed by atoms with Crippen LogP contribution in [0.4, 0.5) is 0 Å². The van der Waals surface area contributed by atoms with Crippen LogP contribution in [0.5, 0.6) is 0 Å². The van der Waals surface area contributed by atoms with Crippen molar-refractivity contribution in [3.63, 3.8) is 0 Å². The summed E-state index contributed by atoms with van der Waals surface area (Å²) < 4.78 is 16.1. The number of allylic oxidation sites excluding steroid dienone is 1. The molecule has 0 aromatic rings. The van der Waals surface area contributed by atoms with Crippen LogP contribution in [0.1, 0.15) is 40.0 Å². The molecule has 1 saturated heterocycles. The Balaban J connectivity index is 2.58. The summed E-state index contributed by atoms with van der Waals surface area (Å²) in [5.74, 6) is -0.890. The van der Waals surface area contributed by atoms with E-state index >= 15 is 0 Å². The molecule has 0 spiro atoms. The molecule has 92 valence electrons. The van der Waals surface area contributed by atoms with Crippen molar-refractivity contribution in [3.05, 3.63) is 11.8 Å². The average Bonchev–Trinajstić information content (AvgIpc) is 2.27. The molecule has 1 aliphatic rings. The van der Waals surface area contributed by atoms with Crippen LogP contribution in [0, 0.1) is 0 Å². The van der Waals surface area contributed by atoms with Crippen LogP contribution in [0.25, 0.3) is 0 Å². The van der Waals surface area contributed by atoms with Gasteiger partial charge >= 0.3 is 5.97 Å². The molecule has 0 saturated carbocycles. The van der Waals surface area contributed by atoms with Crippen molar-refractivity contribution in [2.75, 3.05) is 13.2 Å².